The minimum Gasteiger partial charge on any atom is -0.504 e. The Morgan fingerprint density at radius 1 is 1.33 bits per heavy atom. The van der Waals surface area contributed by atoms with Crippen molar-refractivity contribution in [3.05, 3.63) is 54.4 Å². The number of imidazole rings is 1. The van der Waals surface area contributed by atoms with Gasteiger partial charge in [0.15, 0.2) is 11.5 Å². The van der Waals surface area contributed by atoms with Crippen LogP contribution in [0.15, 0.2) is 53.9 Å². The second-order valence-corrected chi connectivity index (χ2v) is 5.05. The van der Waals surface area contributed by atoms with E-state index in [0.29, 0.717) is 11.3 Å². The fourth-order valence-electron chi connectivity index (χ4n) is 2.31. The van der Waals surface area contributed by atoms with Crippen LogP contribution in [-0.4, -0.2) is 33.9 Å². The molecule has 2 N–H and O–H groups in total. The molecule has 0 aliphatic heterocycles. The van der Waals surface area contributed by atoms with Gasteiger partial charge in [-0.2, -0.15) is 5.10 Å². The van der Waals surface area contributed by atoms with Gasteiger partial charge in [-0.1, -0.05) is 18.2 Å². The van der Waals surface area contributed by atoms with Crippen LogP contribution in [-0.2, 0) is 11.3 Å². The van der Waals surface area contributed by atoms with Crippen LogP contribution in [0.1, 0.15) is 5.56 Å². The summed E-state index contributed by atoms with van der Waals surface area (Å²) in [6.07, 6.45) is 2.98. The Bertz CT molecular complexity index is 902. The summed E-state index contributed by atoms with van der Waals surface area (Å²) in [5.74, 6) is 0.0190. The summed E-state index contributed by atoms with van der Waals surface area (Å²) in [6, 6.07) is 12.6. The molecule has 0 atom stereocenters. The van der Waals surface area contributed by atoms with Gasteiger partial charge in [0, 0.05) is 5.56 Å². The second kappa shape index (κ2) is 6.82. The first-order chi connectivity index (χ1) is 11.7. The molecule has 0 spiro atoms. The van der Waals surface area contributed by atoms with Crippen molar-refractivity contribution in [2.24, 2.45) is 5.10 Å². The smallest absolute Gasteiger partial charge is 0.260 e. The van der Waals surface area contributed by atoms with Crippen molar-refractivity contribution < 1.29 is 14.6 Å². The topological polar surface area (TPSA) is 88.7 Å². The molecular weight excluding hydrogens is 308 g/mol. The van der Waals surface area contributed by atoms with E-state index in [-0.39, 0.29) is 18.2 Å². The average molecular weight is 324 g/mol. The molecule has 0 radical (unpaired) electrons. The molecule has 1 aromatic heterocycles. The molecule has 0 aliphatic carbocycles. The number of hydrogen-bond donors (Lipinski definition) is 2. The summed E-state index contributed by atoms with van der Waals surface area (Å²) in [4.78, 5) is 16.2. The number of nitrogens with one attached hydrogen (secondary N) is 1. The summed E-state index contributed by atoms with van der Waals surface area (Å²) in [7, 11) is 1.47. The number of amides is 1. The highest BCUT2D eigenvalue weighted by atomic mass is 16.5. The Hall–Kier alpha value is -3.35. The Morgan fingerprint density at radius 2 is 2.17 bits per heavy atom. The highest BCUT2D eigenvalue weighted by molar-refractivity contribution is 5.86. The fraction of sp³-hybridized carbons (Fsp3) is 0.118. The Kier molecular flexibility index (Phi) is 4.42. The average Bonchev–Trinajstić information content (AvgIpc) is 2.99. The first kappa shape index (κ1) is 15.5. The summed E-state index contributed by atoms with van der Waals surface area (Å²) in [6.45, 7) is 0.0992. The number of ether oxygens (including phenoxy) is 1. The predicted molar refractivity (Wildman–Crippen MR) is 90.1 cm³/mol. The number of fused-ring (bicyclic) bond motifs is 1. The van der Waals surface area contributed by atoms with Gasteiger partial charge in [0.25, 0.3) is 5.91 Å². The molecule has 1 heterocycles. The number of methoxy groups -OCH3 is 1. The Balaban J connectivity index is 1.65. The van der Waals surface area contributed by atoms with Crippen LogP contribution in [0, 0.1) is 0 Å². The van der Waals surface area contributed by atoms with Crippen LogP contribution in [0.3, 0.4) is 0 Å². The fourth-order valence-corrected chi connectivity index (χ4v) is 2.31. The van der Waals surface area contributed by atoms with Gasteiger partial charge in [0.05, 0.1) is 30.7 Å². The van der Waals surface area contributed by atoms with E-state index in [9.17, 15) is 9.90 Å². The largest absolute Gasteiger partial charge is 0.504 e. The normalized spacial score (nSPS) is 11.0. The number of phenolic OH excluding ortho intramolecular Hbond substituents is 1. The Labute approximate surface area is 138 Å². The monoisotopic (exact) mass is 324 g/mol. The zero-order valence-corrected chi connectivity index (χ0v) is 13.0. The third kappa shape index (κ3) is 3.19. The van der Waals surface area contributed by atoms with E-state index in [4.69, 9.17) is 4.74 Å². The highest BCUT2D eigenvalue weighted by Crippen LogP contribution is 2.27. The van der Waals surface area contributed by atoms with Crippen LogP contribution in [0.25, 0.3) is 11.0 Å². The van der Waals surface area contributed by atoms with Gasteiger partial charge in [-0.05, 0) is 24.3 Å². The van der Waals surface area contributed by atoms with Gasteiger partial charge >= 0.3 is 0 Å². The molecule has 0 bridgehead atoms. The number of para-hydroxylation sites is 3. The lowest BCUT2D eigenvalue weighted by Crippen LogP contribution is -2.22. The number of aromatic hydroxyl groups is 1. The minimum absolute atomic E-state index is 0.0291. The zero-order chi connectivity index (χ0) is 16.9. The quantitative estimate of drug-likeness (QED) is 0.554. The molecule has 122 valence electrons. The Morgan fingerprint density at radius 3 is 3.00 bits per heavy atom. The number of hydrogen-bond acceptors (Lipinski definition) is 5. The molecule has 1 amide bonds. The van der Waals surface area contributed by atoms with Crippen LogP contribution >= 0.6 is 0 Å². The van der Waals surface area contributed by atoms with E-state index in [0.717, 1.165) is 11.0 Å². The molecule has 3 rings (SSSR count). The maximum absolute atomic E-state index is 12.0. The van der Waals surface area contributed by atoms with Crippen molar-refractivity contribution in [2.45, 2.75) is 6.54 Å². The number of phenols is 1. The first-order valence-corrected chi connectivity index (χ1v) is 7.27. The lowest BCUT2D eigenvalue weighted by molar-refractivity contribution is -0.121. The summed E-state index contributed by atoms with van der Waals surface area (Å²) in [5.41, 5.74) is 4.58. The van der Waals surface area contributed by atoms with Crippen molar-refractivity contribution in [1.82, 2.24) is 15.0 Å². The highest BCUT2D eigenvalue weighted by Gasteiger charge is 2.07. The standard InChI is InChI=1S/C17H16N4O3/c1-24-15-8-4-5-12(17(15)23)9-19-20-16(22)10-21-11-18-13-6-2-3-7-14(13)21/h2-9,11,23H,10H2,1H3,(H,20,22)/b19-9+. The van der Waals surface area contributed by atoms with E-state index in [1.54, 1.807) is 29.1 Å². The van der Waals surface area contributed by atoms with Gasteiger partial charge in [-0.3, -0.25) is 4.79 Å². The molecule has 7 heteroatoms. The van der Waals surface area contributed by atoms with E-state index in [2.05, 4.69) is 15.5 Å². The third-order valence-corrected chi connectivity index (χ3v) is 3.48. The van der Waals surface area contributed by atoms with Crippen LogP contribution in [0.2, 0.25) is 0 Å². The molecule has 7 nitrogen and oxygen atoms in total. The van der Waals surface area contributed by atoms with Gasteiger partial charge in [0.2, 0.25) is 0 Å². The number of rotatable bonds is 5. The van der Waals surface area contributed by atoms with Crippen molar-refractivity contribution in [1.29, 1.82) is 0 Å². The maximum atomic E-state index is 12.0. The van der Waals surface area contributed by atoms with Crippen LogP contribution in [0.5, 0.6) is 11.5 Å². The number of carbonyl (C=O) groups is 1. The SMILES string of the molecule is COc1cccc(/C=N/NC(=O)Cn2cnc3ccccc32)c1O. The molecule has 0 unspecified atom stereocenters. The molecule has 0 aliphatic rings. The van der Waals surface area contributed by atoms with Crippen molar-refractivity contribution in [2.75, 3.05) is 7.11 Å². The van der Waals surface area contributed by atoms with Gasteiger partial charge in [-0.25, -0.2) is 10.4 Å². The van der Waals surface area contributed by atoms with Gasteiger partial charge in [0.1, 0.15) is 6.54 Å². The number of carbonyl (C=O) groups excluding carboxylic acids is 1. The summed E-state index contributed by atoms with van der Waals surface area (Å²) in [5, 5.41) is 13.8. The molecular formula is C17H16N4O3. The lowest BCUT2D eigenvalue weighted by Gasteiger charge is -2.05. The second-order valence-electron chi connectivity index (χ2n) is 5.05. The zero-order valence-electron chi connectivity index (χ0n) is 13.0. The van der Waals surface area contributed by atoms with Crippen molar-refractivity contribution in [3.63, 3.8) is 0 Å². The van der Waals surface area contributed by atoms with E-state index in [1.165, 1.54) is 13.3 Å². The van der Waals surface area contributed by atoms with Crippen LogP contribution < -0.4 is 10.2 Å². The lowest BCUT2D eigenvalue weighted by atomic mass is 10.2. The molecule has 0 saturated heterocycles. The molecule has 2 aromatic carbocycles. The number of nitrogens with zero attached hydrogens (tertiary/aromatic N) is 3. The van der Waals surface area contributed by atoms with Gasteiger partial charge < -0.3 is 14.4 Å². The predicted octanol–water partition coefficient (Wildman–Crippen LogP) is 1.90. The maximum Gasteiger partial charge on any atom is 0.260 e. The molecule has 24 heavy (non-hydrogen) atoms. The number of benzene rings is 2. The van der Waals surface area contributed by atoms with E-state index in [1.807, 2.05) is 24.3 Å². The third-order valence-electron chi connectivity index (χ3n) is 3.48. The number of aromatic nitrogens is 2. The summed E-state index contributed by atoms with van der Waals surface area (Å²) >= 11 is 0. The van der Waals surface area contributed by atoms with E-state index < -0.39 is 0 Å². The number of hydrazone groups is 1. The van der Waals surface area contributed by atoms with Crippen molar-refractivity contribution >= 4 is 23.2 Å². The molecule has 0 saturated carbocycles. The first-order valence-electron chi connectivity index (χ1n) is 7.27. The molecule has 0 fully saturated rings. The van der Waals surface area contributed by atoms with Crippen LogP contribution in [0.4, 0.5) is 0 Å². The van der Waals surface area contributed by atoms with Crippen molar-refractivity contribution in [3.8, 4) is 11.5 Å². The van der Waals surface area contributed by atoms with Gasteiger partial charge in [-0.15, -0.1) is 0 Å². The molecule has 3 aromatic rings. The van der Waals surface area contributed by atoms with E-state index >= 15 is 0 Å². The minimum atomic E-state index is -0.295. The summed E-state index contributed by atoms with van der Waals surface area (Å²) < 4.78 is 6.75.